The molecule has 2 aromatic carbocycles. The van der Waals surface area contributed by atoms with Crippen LogP contribution in [0.1, 0.15) is 5.56 Å². The number of nitrogens with zero attached hydrogens (tertiary/aromatic N) is 3. The molecular weight excluding hydrogens is 501 g/mol. The second kappa shape index (κ2) is 10.8. The predicted octanol–water partition coefficient (Wildman–Crippen LogP) is 2.11. The number of para-hydroxylation sites is 1. The Morgan fingerprint density at radius 3 is 2.34 bits per heavy atom. The average molecular weight is 529 g/mol. The number of hydrogen-bond acceptors (Lipinski definition) is 4. The zero-order chi connectivity index (χ0) is 20.0. The summed E-state index contributed by atoms with van der Waals surface area (Å²) in [7, 11) is -0.256. The van der Waals surface area contributed by atoms with Crippen molar-refractivity contribution in [1.82, 2.24) is 14.9 Å². The molecule has 29 heavy (non-hydrogen) atoms. The van der Waals surface area contributed by atoms with E-state index < -0.39 is 10.0 Å². The van der Waals surface area contributed by atoms with Gasteiger partial charge in [0, 0.05) is 45.5 Å². The van der Waals surface area contributed by atoms with Crippen LogP contribution in [-0.2, 0) is 16.6 Å². The van der Waals surface area contributed by atoms with Gasteiger partial charge in [-0.3, -0.25) is 4.99 Å². The zero-order valence-corrected chi connectivity index (χ0v) is 19.9. The number of aliphatic imine (C=N–C) groups is 1. The van der Waals surface area contributed by atoms with Gasteiger partial charge in [0.15, 0.2) is 5.96 Å². The van der Waals surface area contributed by atoms with Crippen molar-refractivity contribution >= 4 is 45.6 Å². The van der Waals surface area contributed by atoms with Crippen molar-refractivity contribution in [2.45, 2.75) is 11.4 Å². The highest BCUT2D eigenvalue weighted by molar-refractivity contribution is 14.0. The summed E-state index contributed by atoms with van der Waals surface area (Å²) < 4.78 is 26.3. The van der Waals surface area contributed by atoms with Gasteiger partial charge in [-0.15, -0.1) is 24.0 Å². The molecule has 3 rings (SSSR count). The van der Waals surface area contributed by atoms with Crippen molar-refractivity contribution in [1.29, 1.82) is 0 Å². The van der Waals surface area contributed by atoms with Gasteiger partial charge in [0.25, 0.3) is 0 Å². The first-order valence-corrected chi connectivity index (χ1v) is 10.8. The van der Waals surface area contributed by atoms with Crippen molar-refractivity contribution in [2.24, 2.45) is 4.99 Å². The van der Waals surface area contributed by atoms with E-state index in [2.05, 4.69) is 49.1 Å². The summed E-state index contributed by atoms with van der Waals surface area (Å²) in [6, 6.07) is 17.3. The Bertz CT molecular complexity index is 913. The summed E-state index contributed by atoms with van der Waals surface area (Å²) in [6.07, 6.45) is 0. The van der Waals surface area contributed by atoms with Crippen LogP contribution >= 0.6 is 24.0 Å². The number of piperazine rings is 1. The Kier molecular flexibility index (Phi) is 8.72. The molecule has 7 nitrogen and oxygen atoms in total. The highest BCUT2D eigenvalue weighted by Crippen LogP contribution is 2.16. The SMILES string of the molecule is CN=C(NCc1cccc(S(=O)(=O)NC)c1)N1CCN(c2ccccc2)CC1.I. The number of hydrogen-bond donors (Lipinski definition) is 2. The van der Waals surface area contributed by atoms with Gasteiger partial charge < -0.3 is 15.1 Å². The van der Waals surface area contributed by atoms with Crippen molar-refractivity contribution in [3.05, 3.63) is 60.2 Å². The van der Waals surface area contributed by atoms with Gasteiger partial charge in [-0.25, -0.2) is 13.1 Å². The molecule has 1 heterocycles. The number of sulfonamides is 1. The van der Waals surface area contributed by atoms with Gasteiger partial charge in [0.2, 0.25) is 10.0 Å². The second-order valence-electron chi connectivity index (χ2n) is 6.57. The van der Waals surface area contributed by atoms with E-state index in [1.165, 1.54) is 12.7 Å². The highest BCUT2D eigenvalue weighted by Gasteiger charge is 2.19. The van der Waals surface area contributed by atoms with E-state index in [0.717, 1.165) is 37.7 Å². The number of nitrogens with one attached hydrogen (secondary N) is 2. The number of rotatable bonds is 5. The highest BCUT2D eigenvalue weighted by atomic mass is 127. The lowest BCUT2D eigenvalue weighted by molar-refractivity contribution is 0.372. The second-order valence-corrected chi connectivity index (χ2v) is 8.45. The molecule has 0 radical (unpaired) electrons. The van der Waals surface area contributed by atoms with Crippen LogP contribution in [0.25, 0.3) is 0 Å². The first kappa shape index (κ1) is 23.4. The number of halogens is 1. The minimum absolute atomic E-state index is 0. The van der Waals surface area contributed by atoms with Crippen LogP contribution in [0.4, 0.5) is 5.69 Å². The van der Waals surface area contributed by atoms with Crippen LogP contribution < -0.4 is 14.9 Å². The standard InChI is InChI=1S/C20H27N5O2S.HI/c1-21-20(23-16-17-7-6-10-19(15-17)28(26,27)22-2)25-13-11-24(12-14-25)18-8-4-3-5-9-18;/h3-10,15,22H,11-14,16H2,1-2H3,(H,21,23);1H. The molecule has 2 N–H and O–H groups in total. The Labute approximate surface area is 190 Å². The third-order valence-corrected chi connectivity index (χ3v) is 6.25. The van der Waals surface area contributed by atoms with E-state index in [1.54, 1.807) is 25.2 Å². The van der Waals surface area contributed by atoms with Crippen LogP contribution in [0.2, 0.25) is 0 Å². The summed E-state index contributed by atoms with van der Waals surface area (Å²) in [5, 5.41) is 3.35. The molecule has 2 aromatic rings. The summed E-state index contributed by atoms with van der Waals surface area (Å²) in [4.78, 5) is 9.26. The van der Waals surface area contributed by atoms with Crippen molar-refractivity contribution in [2.75, 3.05) is 45.2 Å². The fourth-order valence-corrected chi connectivity index (χ4v) is 4.07. The van der Waals surface area contributed by atoms with E-state index >= 15 is 0 Å². The van der Waals surface area contributed by atoms with Crippen LogP contribution in [0.3, 0.4) is 0 Å². The normalized spacial score (nSPS) is 15.0. The third-order valence-electron chi connectivity index (χ3n) is 4.84. The molecule has 0 unspecified atom stereocenters. The molecule has 0 aliphatic carbocycles. The van der Waals surface area contributed by atoms with E-state index in [1.807, 2.05) is 12.1 Å². The molecule has 0 aromatic heterocycles. The fourth-order valence-electron chi connectivity index (χ4n) is 3.27. The molecule has 158 valence electrons. The monoisotopic (exact) mass is 529 g/mol. The van der Waals surface area contributed by atoms with Crippen LogP contribution in [0, 0.1) is 0 Å². The molecule has 0 amide bonds. The maximum atomic E-state index is 12.0. The smallest absolute Gasteiger partial charge is 0.240 e. The molecule has 0 bridgehead atoms. The van der Waals surface area contributed by atoms with Crippen molar-refractivity contribution in [3.8, 4) is 0 Å². The maximum absolute atomic E-state index is 12.0. The molecular formula is C20H28IN5O2S. The lowest BCUT2D eigenvalue weighted by Gasteiger charge is -2.37. The third kappa shape index (κ3) is 6.06. The molecule has 1 aliphatic heterocycles. The van der Waals surface area contributed by atoms with Gasteiger partial charge in [0.1, 0.15) is 0 Å². The Morgan fingerprint density at radius 1 is 1.03 bits per heavy atom. The molecule has 1 aliphatic rings. The van der Waals surface area contributed by atoms with Crippen LogP contribution in [0.5, 0.6) is 0 Å². The topological polar surface area (TPSA) is 77.0 Å². The molecule has 1 fully saturated rings. The van der Waals surface area contributed by atoms with Gasteiger partial charge in [-0.2, -0.15) is 0 Å². The Balaban J connectivity index is 0.00000300. The van der Waals surface area contributed by atoms with E-state index in [9.17, 15) is 8.42 Å². The van der Waals surface area contributed by atoms with Crippen LogP contribution in [-0.4, -0.2) is 59.6 Å². The van der Waals surface area contributed by atoms with Crippen molar-refractivity contribution < 1.29 is 8.42 Å². The quantitative estimate of drug-likeness (QED) is 0.353. The van der Waals surface area contributed by atoms with Gasteiger partial charge in [-0.05, 0) is 36.9 Å². The first-order chi connectivity index (χ1) is 13.5. The number of guanidine groups is 1. The van der Waals surface area contributed by atoms with Gasteiger partial charge >= 0.3 is 0 Å². The van der Waals surface area contributed by atoms with Crippen LogP contribution in [0.15, 0.2) is 64.5 Å². The minimum Gasteiger partial charge on any atom is -0.368 e. The molecule has 1 saturated heterocycles. The molecule has 0 atom stereocenters. The van der Waals surface area contributed by atoms with E-state index in [4.69, 9.17) is 0 Å². The molecule has 0 saturated carbocycles. The molecule has 9 heteroatoms. The summed E-state index contributed by atoms with van der Waals surface area (Å²) >= 11 is 0. The van der Waals surface area contributed by atoms with E-state index in [0.29, 0.717) is 6.54 Å². The van der Waals surface area contributed by atoms with E-state index in [-0.39, 0.29) is 28.9 Å². The first-order valence-electron chi connectivity index (χ1n) is 9.31. The molecule has 0 spiro atoms. The lowest BCUT2D eigenvalue weighted by Crippen LogP contribution is -2.52. The zero-order valence-electron chi connectivity index (χ0n) is 16.7. The Morgan fingerprint density at radius 2 is 1.72 bits per heavy atom. The average Bonchev–Trinajstić information content (AvgIpc) is 2.75. The largest absolute Gasteiger partial charge is 0.368 e. The van der Waals surface area contributed by atoms with Gasteiger partial charge in [0.05, 0.1) is 4.90 Å². The minimum atomic E-state index is -3.44. The lowest BCUT2D eigenvalue weighted by atomic mass is 10.2. The summed E-state index contributed by atoms with van der Waals surface area (Å²) in [5.74, 6) is 0.828. The summed E-state index contributed by atoms with van der Waals surface area (Å²) in [6.45, 7) is 4.13. The number of benzene rings is 2. The number of anilines is 1. The fraction of sp³-hybridized carbons (Fsp3) is 0.350. The maximum Gasteiger partial charge on any atom is 0.240 e. The van der Waals surface area contributed by atoms with Crippen molar-refractivity contribution in [3.63, 3.8) is 0 Å². The summed E-state index contributed by atoms with van der Waals surface area (Å²) in [5.41, 5.74) is 2.13. The Hall–Kier alpha value is -1.85. The van der Waals surface area contributed by atoms with Gasteiger partial charge in [-0.1, -0.05) is 30.3 Å². The predicted molar refractivity (Wildman–Crippen MR) is 129 cm³/mol.